The lowest BCUT2D eigenvalue weighted by Crippen LogP contribution is -2.40. The van der Waals surface area contributed by atoms with Gasteiger partial charge in [0.25, 0.3) is 0 Å². The lowest BCUT2D eigenvalue weighted by Gasteiger charge is -2.27. The molecule has 0 aliphatic heterocycles. The molecule has 0 radical (unpaired) electrons. The van der Waals surface area contributed by atoms with Crippen molar-refractivity contribution in [3.63, 3.8) is 0 Å². The highest BCUT2D eigenvalue weighted by atomic mass is 35.5. The van der Waals surface area contributed by atoms with Gasteiger partial charge in [0.1, 0.15) is 0 Å². The minimum absolute atomic E-state index is 0.111. The van der Waals surface area contributed by atoms with Gasteiger partial charge in [-0.1, -0.05) is 30.7 Å². The van der Waals surface area contributed by atoms with E-state index in [9.17, 15) is 4.79 Å². The van der Waals surface area contributed by atoms with E-state index in [1.165, 1.54) is 0 Å². The van der Waals surface area contributed by atoms with E-state index >= 15 is 0 Å². The van der Waals surface area contributed by atoms with Crippen molar-refractivity contribution >= 4 is 17.4 Å². The van der Waals surface area contributed by atoms with Crippen LogP contribution < -0.4 is 0 Å². The molecule has 0 aliphatic rings. The largest absolute Gasteiger partial charge is 0.309 e. The van der Waals surface area contributed by atoms with Crippen molar-refractivity contribution < 1.29 is 4.79 Å². The van der Waals surface area contributed by atoms with Gasteiger partial charge in [-0.15, -0.1) is 0 Å². The maximum absolute atomic E-state index is 12.5. The standard InChI is InChI=1S/C16H25ClN2O/c1-5-19(11-7-10-18(3)4)13(2)16(20)14-8-6-9-15(17)12-14/h6,8-9,12-13H,5,7,10-11H2,1-4H3. The fraction of sp³-hybridized carbons (Fsp3) is 0.562. The highest BCUT2D eigenvalue weighted by molar-refractivity contribution is 6.31. The van der Waals surface area contributed by atoms with E-state index in [4.69, 9.17) is 11.6 Å². The van der Waals surface area contributed by atoms with Gasteiger partial charge >= 0.3 is 0 Å². The van der Waals surface area contributed by atoms with Gasteiger partial charge in [0, 0.05) is 17.1 Å². The van der Waals surface area contributed by atoms with Crippen LogP contribution in [0.4, 0.5) is 0 Å². The Morgan fingerprint density at radius 1 is 1.30 bits per heavy atom. The van der Waals surface area contributed by atoms with E-state index in [-0.39, 0.29) is 11.8 Å². The summed E-state index contributed by atoms with van der Waals surface area (Å²) in [6, 6.07) is 7.08. The predicted molar refractivity (Wildman–Crippen MR) is 85.7 cm³/mol. The second-order valence-corrected chi connectivity index (χ2v) is 5.77. The minimum Gasteiger partial charge on any atom is -0.309 e. The highest BCUT2D eigenvalue weighted by Gasteiger charge is 2.21. The Morgan fingerprint density at radius 3 is 2.55 bits per heavy atom. The van der Waals surface area contributed by atoms with Gasteiger partial charge in [-0.2, -0.15) is 0 Å². The monoisotopic (exact) mass is 296 g/mol. The Kier molecular flexibility index (Phi) is 7.20. The molecule has 1 atom stereocenters. The van der Waals surface area contributed by atoms with Gasteiger partial charge in [-0.05, 0) is 52.7 Å². The van der Waals surface area contributed by atoms with Crippen LogP contribution in [0.3, 0.4) is 0 Å². The van der Waals surface area contributed by atoms with Crippen molar-refractivity contribution in [2.75, 3.05) is 33.7 Å². The van der Waals surface area contributed by atoms with Crippen LogP contribution in [0, 0.1) is 0 Å². The van der Waals surface area contributed by atoms with Crippen LogP contribution in [-0.2, 0) is 0 Å². The highest BCUT2D eigenvalue weighted by Crippen LogP contribution is 2.14. The van der Waals surface area contributed by atoms with Crippen molar-refractivity contribution in [1.82, 2.24) is 9.80 Å². The maximum atomic E-state index is 12.5. The molecule has 20 heavy (non-hydrogen) atoms. The zero-order valence-electron chi connectivity index (χ0n) is 12.9. The zero-order valence-corrected chi connectivity index (χ0v) is 13.7. The number of nitrogens with zero attached hydrogens (tertiary/aromatic N) is 2. The summed E-state index contributed by atoms with van der Waals surface area (Å²) in [5.41, 5.74) is 0.691. The van der Waals surface area contributed by atoms with Gasteiger partial charge in [0.05, 0.1) is 6.04 Å². The molecular weight excluding hydrogens is 272 g/mol. The van der Waals surface area contributed by atoms with Crippen LogP contribution >= 0.6 is 11.6 Å². The van der Waals surface area contributed by atoms with E-state index in [2.05, 4.69) is 30.8 Å². The molecule has 0 heterocycles. The average molecular weight is 297 g/mol. The van der Waals surface area contributed by atoms with Gasteiger partial charge in [-0.3, -0.25) is 9.69 Å². The van der Waals surface area contributed by atoms with Crippen LogP contribution in [0.1, 0.15) is 30.6 Å². The van der Waals surface area contributed by atoms with Crippen molar-refractivity contribution in [3.05, 3.63) is 34.9 Å². The normalized spacial score (nSPS) is 12.9. The number of Topliss-reactive ketones (excluding diaryl/α,β-unsaturated/α-hetero) is 1. The molecule has 0 spiro atoms. The second kappa shape index (κ2) is 8.40. The molecule has 1 rings (SSSR count). The van der Waals surface area contributed by atoms with Crippen LogP contribution in [0.5, 0.6) is 0 Å². The number of likely N-dealkylation sites (N-methyl/N-ethyl adjacent to an activating group) is 1. The maximum Gasteiger partial charge on any atom is 0.179 e. The van der Waals surface area contributed by atoms with E-state index in [1.807, 2.05) is 19.1 Å². The lowest BCUT2D eigenvalue weighted by atomic mass is 10.0. The Bertz CT molecular complexity index is 434. The quantitative estimate of drug-likeness (QED) is 0.688. The number of hydrogen-bond donors (Lipinski definition) is 0. The Balaban J connectivity index is 2.65. The molecule has 1 unspecified atom stereocenters. The zero-order chi connectivity index (χ0) is 15.1. The minimum atomic E-state index is -0.111. The molecule has 0 aliphatic carbocycles. The van der Waals surface area contributed by atoms with E-state index in [1.54, 1.807) is 12.1 Å². The third kappa shape index (κ3) is 5.23. The molecule has 112 valence electrons. The molecule has 0 bridgehead atoms. The van der Waals surface area contributed by atoms with E-state index < -0.39 is 0 Å². The van der Waals surface area contributed by atoms with Crippen LogP contribution in [0.25, 0.3) is 0 Å². The van der Waals surface area contributed by atoms with Crippen molar-refractivity contribution in [2.24, 2.45) is 0 Å². The number of ketones is 1. The Morgan fingerprint density at radius 2 is 2.00 bits per heavy atom. The molecule has 3 nitrogen and oxygen atoms in total. The Hall–Kier alpha value is -0.900. The molecular formula is C16H25ClN2O. The molecule has 0 saturated heterocycles. The molecule has 1 aromatic carbocycles. The lowest BCUT2D eigenvalue weighted by molar-refractivity contribution is 0.0840. The van der Waals surface area contributed by atoms with Crippen molar-refractivity contribution in [1.29, 1.82) is 0 Å². The number of benzene rings is 1. The molecule has 0 aromatic heterocycles. The summed E-state index contributed by atoms with van der Waals surface area (Å²) >= 11 is 5.95. The summed E-state index contributed by atoms with van der Waals surface area (Å²) in [6.07, 6.45) is 1.06. The third-order valence-electron chi connectivity index (χ3n) is 3.49. The molecule has 0 N–H and O–H groups in total. The van der Waals surface area contributed by atoms with Gasteiger partial charge in [0.15, 0.2) is 5.78 Å². The van der Waals surface area contributed by atoms with Gasteiger partial charge < -0.3 is 4.90 Å². The fourth-order valence-electron chi connectivity index (χ4n) is 2.26. The van der Waals surface area contributed by atoms with Gasteiger partial charge in [-0.25, -0.2) is 0 Å². The number of carbonyl (C=O) groups excluding carboxylic acids is 1. The molecule has 1 aromatic rings. The summed E-state index contributed by atoms with van der Waals surface area (Å²) < 4.78 is 0. The molecule has 0 saturated carbocycles. The summed E-state index contributed by atoms with van der Waals surface area (Å²) in [5, 5.41) is 0.610. The molecule has 4 heteroatoms. The SMILES string of the molecule is CCN(CCCN(C)C)C(C)C(=O)c1cccc(Cl)c1. The first-order chi connectivity index (χ1) is 9.45. The van der Waals surface area contributed by atoms with Crippen molar-refractivity contribution in [2.45, 2.75) is 26.3 Å². The summed E-state index contributed by atoms with van der Waals surface area (Å²) in [5.74, 6) is 0.138. The van der Waals surface area contributed by atoms with Crippen LogP contribution in [0.15, 0.2) is 24.3 Å². The smallest absolute Gasteiger partial charge is 0.179 e. The van der Waals surface area contributed by atoms with Crippen LogP contribution in [0.2, 0.25) is 5.02 Å². The number of carbonyl (C=O) groups is 1. The Labute approximate surface area is 127 Å². The first-order valence-electron chi connectivity index (χ1n) is 7.14. The number of rotatable bonds is 8. The fourth-order valence-corrected chi connectivity index (χ4v) is 2.45. The summed E-state index contributed by atoms with van der Waals surface area (Å²) in [6.45, 7) is 6.91. The third-order valence-corrected chi connectivity index (χ3v) is 3.73. The second-order valence-electron chi connectivity index (χ2n) is 5.34. The van der Waals surface area contributed by atoms with E-state index in [0.29, 0.717) is 10.6 Å². The first kappa shape index (κ1) is 17.2. The number of hydrogen-bond acceptors (Lipinski definition) is 3. The first-order valence-corrected chi connectivity index (χ1v) is 7.52. The summed E-state index contributed by atoms with van der Waals surface area (Å²) in [7, 11) is 4.13. The van der Waals surface area contributed by atoms with E-state index in [0.717, 1.165) is 26.1 Å². The molecule has 0 amide bonds. The molecule has 0 fully saturated rings. The summed E-state index contributed by atoms with van der Waals surface area (Å²) in [4.78, 5) is 16.9. The number of halogens is 1. The van der Waals surface area contributed by atoms with Crippen molar-refractivity contribution in [3.8, 4) is 0 Å². The van der Waals surface area contributed by atoms with Crippen LogP contribution in [-0.4, -0.2) is 55.4 Å². The predicted octanol–water partition coefficient (Wildman–Crippen LogP) is 3.18. The van der Waals surface area contributed by atoms with Gasteiger partial charge in [0.2, 0.25) is 0 Å². The topological polar surface area (TPSA) is 23.6 Å². The average Bonchev–Trinajstić information content (AvgIpc) is 2.42.